The lowest BCUT2D eigenvalue weighted by atomic mass is 10.0. The van der Waals surface area contributed by atoms with E-state index in [9.17, 15) is 4.79 Å². The molecule has 4 aromatic rings. The summed E-state index contributed by atoms with van der Waals surface area (Å²) in [6, 6.07) is 23.5. The normalized spacial score (nSPS) is 11.7. The van der Waals surface area contributed by atoms with E-state index >= 15 is 0 Å². The Hall–Kier alpha value is -3.90. The minimum absolute atomic E-state index is 0.119. The van der Waals surface area contributed by atoms with Crippen molar-refractivity contribution in [2.75, 3.05) is 19.0 Å². The van der Waals surface area contributed by atoms with E-state index in [0.717, 1.165) is 23.1 Å². The van der Waals surface area contributed by atoms with E-state index in [4.69, 9.17) is 4.74 Å². The minimum atomic E-state index is -0.476. The number of carbonyl (C=O) groups is 1. The maximum atomic E-state index is 13.3. The highest BCUT2D eigenvalue weighted by molar-refractivity contribution is 5.96. The van der Waals surface area contributed by atoms with E-state index in [0.29, 0.717) is 18.0 Å². The Morgan fingerprint density at radius 2 is 1.82 bits per heavy atom. The van der Waals surface area contributed by atoms with E-state index in [1.165, 1.54) is 11.1 Å². The van der Waals surface area contributed by atoms with Crippen molar-refractivity contribution in [1.82, 2.24) is 15.1 Å². The summed E-state index contributed by atoms with van der Waals surface area (Å²) >= 11 is 0. The summed E-state index contributed by atoms with van der Waals surface area (Å²) in [7, 11) is 3.50. The van der Waals surface area contributed by atoms with Gasteiger partial charge in [-0.3, -0.25) is 9.48 Å². The van der Waals surface area contributed by atoms with Crippen molar-refractivity contribution in [2.45, 2.75) is 19.4 Å². The predicted molar refractivity (Wildman–Crippen MR) is 136 cm³/mol. The topological polar surface area (TPSA) is 68.2 Å². The molecule has 1 heterocycles. The Kier molecular flexibility index (Phi) is 7.40. The lowest BCUT2D eigenvalue weighted by molar-refractivity contribution is -0.118. The van der Waals surface area contributed by atoms with E-state index < -0.39 is 6.04 Å². The van der Waals surface area contributed by atoms with Crippen molar-refractivity contribution in [3.8, 4) is 16.9 Å². The number of nitrogens with one attached hydrogen (secondary N) is 2. The molecule has 3 aromatic carbocycles. The van der Waals surface area contributed by atoms with Crippen molar-refractivity contribution >= 4 is 11.6 Å². The SMILES string of the molecule is COc1cc(NC(=O)[C@@H](NCCc2ccc(C)cc2)c2ccccc2)ccc1-c1cnn(C)c1. The van der Waals surface area contributed by atoms with Crippen LogP contribution in [-0.2, 0) is 18.3 Å². The minimum Gasteiger partial charge on any atom is -0.496 e. The molecule has 34 heavy (non-hydrogen) atoms. The zero-order valence-electron chi connectivity index (χ0n) is 19.8. The number of hydrogen-bond donors (Lipinski definition) is 2. The number of benzene rings is 3. The van der Waals surface area contributed by atoms with Crippen LogP contribution in [0.25, 0.3) is 11.1 Å². The van der Waals surface area contributed by atoms with Gasteiger partial charge in [-0.25, -0.2) is 0 Å². The zero-order chi connectivity index (χ0) is 23.9. The molecule has 0 radical (unpaired) electrons. The quantitative estimate of drug-likeness (QED) is 0.377. The molecule has 0 fully saturated rings. The molecular formula is C28H30N4O2. The molecule has 0 aliphatic rings. The molecule has 1 aromatic heterocycles. The summed E-state index contributed by atoms with van der Waals surface area (Å²) in [5.74, 6) is 0.556. The number of ether oxygens (including phenoxy) is 1. The molecule has 2 N–H and O–H groups in total. The van der Waals surface area contributed by atoms with Crippen LogP contribution in [-0.4, -0.2) is 29.3 Å². The fraction of sp³-hybridized carbons (Fsp3) is 0.214. The van der Waals surface area contributed by atoms with Crippen molar-refractivity contribution in [2.24, 2.45) is 7.05 Å². The fourth-order valence-electron chi connectivity index (χ4n) is 3.91. The first-order chi connectivity index (χ1) is 16.5. The molecular weight excluding hydrogens is 424 g/mol. The highest BCUT2D eigenvalue weighted by atomic mass is 16.5. The number of aryl methyl sites for hydroxylation is 2. The van der Waals surface area contributed by atoms with Crippen LogP contribution in [0.3, 0.4) is 0 Å². The van der Waals surface area contributed by atoms with E-state index in [-0.39, 0.29) is 5.91 Å². The maximum absolute atomic E-state index is 13.3. The van der Waals surface area contributed by atoms with Gasteiger partial charge in [0.05, 0.1) is 13.3 Å². The first kappa shape index (κ1) is 23.3. The Bertz CT molecular complexity index is 1230. The number of rotatable bonds is 9. The first-order valence-electron chi connectivity index (χ1n) is 11.4. The van der Waals surface area contributed by atoms with Gasteiger partial charge in [0.2, 0.25) is 5.91 Å². The van der Waals surface area contributed by atoms with Crippen LogP contribution >= 0.6 is 0 Å². The highest BCUT2D eigenvalue weighted by Gasteiger charge is 2.20. The van der Waals surface area contributed by atoms with E-state index in [1.54, 1.807) is 18.0 Å². The van der Waals surface area contributed by atoms with Crippen LogP contribution < -0.4 is 15.4 Å². The van der Waals surface area contributed by atoms with Gasteiger partial charge in [-0.2, -0.15) is 5.10 Å². The van der Waals surface area contributed by atoms with E-state index in [1.807, 2.05) is 61.8 Å². The Morgan fingerprint density at radius 3 is 2.50 bits per heavy atom. The van der Waals surface area contributed by atoms with Gasteiger partial charge < -0.3 is 15.4 Å². The molecule has 0 bridgehead atoms. The second-order valence-corrected chi connectivity index (χ2v) is 8.34. The van der Waals surface area contributed by atoms with Crippen molar-refractivity contribution < 1.29 is 9.53 Å². The van der Waals surface area contributed by atoms with Gasteiger partial charge in [0.1, 0.15) is 11.8 Å². The number of carbonyl (C=O) groups excluding carboxylic acids is 1. The molecule has 6 heteroatoms. The summed E-state index contributed by atoms with van der Waals surface area (Å²) in [4.78, 5) is 13.3. The summed E-state index contributed by atoms with van der Waals surface area (Å²) < 4.78 is 7.34. The third kappa shape index (κ3) is 5.71. The predicted octanol–water partition coefficient (Wildman–Crippen LogP) is 4.92. The molecule has 1 amide bonds. The third-order valence-electron chi connectivity index (χ3n) is 5.76. The van der Waals surface area contributed by atoms with E-state index in [2.05, 4.69) is 46.9 Å². The summed E-state index contributed by atoms with van der Waals surface area (Å²) in [5.41, 5.74) is 5.95. The number of hydrogen-bond acceptors (Lipinski definition) is 4. The van der Waals surface area contributed by atoms with Gasteiger partial charge in [0, 0.05) is 42.7 Å². The highest BCUT2D eigenvalue weighted by Crippen LogP contribution is 2.32. The molecule has 0 unspecified atom stereocenters. The molecule has 174 valence electrons. The zero-order valence-corrected chi connectivity index (χ0v) is 19.8. The van der Waals surface area contributed by atoms with Gasteiger partial charge in [-0.1, -0.05) is 60.2 Å². The van der Waals surface area contributed by atoms with Gasteiger partial charge in [0.25, 0.3) is 0 Å². The van der Waals surface area contributed by atoms with Crippen molar-refractivity contribution in [3.05, 3.63) is 102 Å². The van der Waals surface area contributed by atoms with Gasteiger partial charge in [-0.05, 0) is 36.6 Å². The van der Waals surface area contributed by atoms with Crippen molar-refractivity contribution in [3.63, 3.8) is 0 Å². The lowest BCUT2D eigenvalue weighted by Gasteiger charge is -2.20. The molecule has 0 aliphatic heterocycles. The van der Waals surface area contributed by atoms with Gasteiger partial charge in [-0.15, -0.1) is 0 Å². The summed E-state index contributed by atoms with van der Waals surface area (Å²) in [5, 5.41) is 10.7. The number of amides is 1. The molecule has 6 nitrogen and oxygen atoms in total. The maximum Gasteiger partial charge on any atom is 0.246 e. The largest absolute Gasteiger partial charge is 0.496 e. The molecule has 0 aliphatic carbocycles. The Labute approximate surface area is 200 Å². The summed E-state index contributed by atoms with van der Waals surface area (Å²) in [6.07, 6.45) is 4.56. The average molecular weight is 455 g/mol. The van der Waals surface area contributed by atoms with Crippen LogP contribution in [0.15, 0.2) is 85.2 Å². The molecule has 4 rings (SSSR count). The Balaban J connectivity index is 1.49. The second-order valence-electron chi connectivity index (χ2n) is 8.34. The third-order valence-corrected chi connectivity index (χ3v) is 5.76. The standard InChI is InChI=1S/C28H30N4O2/c1-20-9-11-21(12-10-20)15-16-29-27(22-7-5-4-6-8-22)28(33)31-24-13-14-25(26(17-24)34-3)23-18-30-32(2)19-23/h4-14,17-19,27,29H,15-16H2,1-3H3,(H,31,33)/t27-/m0/s1. The van der Waals surface area contributed by atoms with Crippen LogP contribution in [0, 0.1) is 6.92 Å². The van der Waals surface area contributed by atoms with Gasteiger partial charge in [0.15, 0.2) is 0 Å². The molecule has 0 saturated carbocycles. The summed E-state index contributed by atoms with van der Waals surface area (Å²) in [6.45, 7) is 2.76. The van der Waals surface area contributed by atoms with Crippen LogP contribution in [0.4, 0.5) is 5.69 Å². The molecule has 0 saturated heterocycles. The number of nitrogens with zero attached hydrogens (tertiary/aromatic N) is 2. The smallest absolute Gasteiger partial charge is 0.246 e. The average Bonchev–Trinajstić information content (AvgIpc) is 3.29. The number of anilines is 1. The van der Waals surface area contributed by atoms with Gasteiger partial charge >= 0.3 is 0 Å². The molecule has 1 atom stereocenters. The first-order valence-corrected chi connectivity index (χ1v) is 11.4. The fourth-order valence-corrected chi connectivity index (χ4v) is 3.91. The van der Waals surface area contributed by atoms with Crippen LogP contribution in [0.5, 0.6) is 5.75 Å². The van der Waals surface area contributed by atoms with Crippen molar-refractivity contribution in [1.29, 1.82) is 0 Å². The van der Waals surface area contributed by atoms with Crippen LogP contribution in [0.1, 0.15) is 22.7 Å². The second kappa shape index (κ2) is 10.8. The molecule has 0 spiro atoms. The number of methoxy groups -OCH3 is 1. The lowest BCUT2D eigenvalue weighted by Crippen LogP contribution is -2.34. The monoisotopic (exact) mass is 454 g/mol. The van der Waals surface area contributed by atoms with Crippen LogP contribution in [0.2, 0.25) is 0 Å². The number of aromatic nitrogens is 2. The Morgan fingerprint density at radius 1 is 1.06 bits per heavy atom.